The van der Waals surface area contributed by atoms with E-state index in [0.717, 1.165) is 42.7 Å². The van der Waals surface area contributed by atoms with Crippen LogP contribution in [0.5, 0.6) is 0 Å². The Labute approximate surface area is 122 Å². The molecular weight excluding hydrogens is 272 g/mol. The molecule has 108 valence electrons. The molecule has 20 heavy (non-hydrogen) atoms. The van der Waals surface area contributed by atoms with Gasteiger partial charge in [0.1, 0.15) is 5.00 Å². The smallest absolute Gasteiger partial charge is 0.254 e. The first-order chi connectivity index (χ1) is 9.60. The Morgan fingerprint density at radius 3 is 2.65 bits per heavy atom. The van der Waals surface area contributed by atoms with Crippen LogP contribution < -0.4 is 10.6 Å². The van der Waals surface area contributed by atoms with Crippen LogP contribution in [0.25, 0.3) is 0 Å². The maximum Gasteiger partial charge on any atom is 0.254 e. The van der Waals surface area contributed by atoms with Gasteiger partial charge in [0.05, 0.1) is 5.56 Å². The molecule has 1 atom stereocenters. The van der Waals surface area contributed by atoms with E-state index in [0.29, 0.717) is 11.5 Å². The lowest BCUT2D eigenvalue weighted by Crippen LogP contribution is -2.23. The molecule has 0 saturated heterocycles. The minimum Gasteiger partial charge on any atom is -0.355 e. The van der Waals surface area contributed by atoms with E-state index in [2.05, 4.69) is 17.6 Å². The Kier molecular flexibility index (Phi) is 3.54. The Hall–Kier alpha value is -1.36. The maximum atomic E-state index is 12.2. The molecule has 4 nitrogen and oxygen atoms in total. The molecule has 0 radical (unpaired) electrons. The minimum atomic E-state index is -0.0804. The van der Waals surface area contributed by atoms with E-state index in [1.807, 2.05) is 0 Å². The third-order valence-corrected chi connectivity index (χ3v) is 5.32. The molecule has 1 saturated carbocycles. The Balaban J connectivity index is 1.94. The molecule has 0 unspecified atom stereocenters. The molecule has 3 rings (SSSR count). The molecule has 0 aliphatic heterocycles. The van der Waals surface area contributed by atoms with Gasteiger partial charge in [0.25, 0.3) is 5.91 Å². The summed E-state index contributed by atoms with van der Waals surface area (Å²) in [6.45, 7) is 2.24. The highest BCUT2D eigenvalue weighted by atomic mass is 32.1. The molecule has 2 aliphatic rings. The van der Waals surface area contributed by atoms with Crippen molar-refractivity contribution < 1.29 is 9.59 Å². The standard InChI is InChI=1S/C15H20N2O2S/c1-8-3-6-10-11(7-8)20-15(12(10)14(19)16-2)17-13(18)9-4-5-9/h8-9H,3-7H2,1-2H3,(H,16,19)(H,17,18)/t8-/m0/s1. The molecule has 1 heterocycles. The predicted octanol–water partition coefficient (Wildman–Crippen LogP) is 2.58. The van der Waals surface area contributed by atoms with Crippen LogP contribution >= 0.6 is 11.3 Å². The fourth-order valence-corrected chi connectivity index (χ4v) is 4.17. The van der Waals surface area contributed by atoms with Gasteiger partial charge >= 0.3 is 0 Å². The molecule has 0 spiro atoms. The minimum absolute atomic E-state index is 0.0711. The van der Waals surface area contributed by atoms with Gasteiger partial charge in [-0.25, -0.2) is 0 Å². The first-order valence-electron chi connectivity index (χ1n) is 7.27. The van der Waals surface area contributed by atoms with Crippen LogP contribution in [0.2, 0.25) is 0 Å². The molecule has 2 amide bonds. The lowest BCUT2D eigenvalue weighted by atomic mass is 9.88. The molecule has 1 fully saturated rings. The second kappa shape index (κ2) is 5.20. The highest BCUT2D eigenvalue weighted by Crippen LogP contribution is 2.40. The number of hydrogen-bond donors (Lipinski definition) is 2. The van der Waals surface area contributed by atoms with Crippen molar-refractivity contribution in [3.63, 3.8) is 0 Å². The molecule has 1 aromatic rings. The van der Waals surface area contributed by atoms with Crippen molar-refractivity contribution in [1.82, 2.24) is 5.32 Å². The average molecular weight is 292 g/mol. The van der Waals surface area contributed by atoms with Gasteiger partial charge in [0, 0.05) is 17.8 Å². The van der Waals surface area contributed by atoms with Gasteiger partial charge in [-0.05, 0) is 43.6 Å². The number of thiophene rings is 1. The number of amides is 2. The summed E-state index contributed by atoms with van der Waals surface area (Å²) in [4.78, 5) is 25.4. The topological polar surface area (TPSA) is 58.2 Å². The van der Waals surface area contributed by atoms with Gasteiger partial charge in [-0.15, -0.1) is 11.3 Å². The van der Waals surface area contributed by atoms with E-state index in [9.17, 15) is 9.59 Å². The summed E-state index contributed by atoms with van der Waals surface area (Å²) in [5.41, 5.74) is 1.85. The summed E-state index contributed by atoms with van der Waals surface area (Å²) in [6.07, 6.45) is 5.02. The lowest BCUT2D eigenvalue weighted by molar-refractivity contribution is -0.117. The zero-order valence-corrected chi connectivity index (χ0v) is 12.7. The molecule has 0 bridgehead atoms. The molecule has 2 aliphatic carbocycles. The summed E-state index contributed by atoms with van der Waals surface area (Å²) >= 11 is 1.59. The highest BCUT2D eigenvalue weighted by Gasteiger charge is 2.33. The predicted molar refractivity (Wildman–Crippen MR) is 80.3 cm³/mol. The third-order valence-electron chi connectivity index (χ3n) is 4.15. The van der Waals surface area contributed by atoms with Crippen molar-refractivity contribution in [2.75, 3.05) is 12.4 Å². The molecular formula is C15H20N2O2S. The number of hydrogen-bond acceptors (Lipinski definition) is 3. The molecule has 1 aromatic heterocycles. The second-order valence-corrected chi connectivity index (χ2v) is 7.00. The van der Waals surface area contributed by atoms with Crippen LogP contribution in [-0.2, 0) is 17.6 Å². The van der Waals surface area contributed by atoms with Crippen molar-refractivity contribution >= 4 is 28.2 Å². The number of anilines is 1. The summed E-state index contributed by atoms with van der Waals surface area (Å²) < 4.78 is 0. The van der Waals surface area contributed by atoms with Crippen molar-refractivity contribution in [3.8, 4) is 0 Å². The normalized spacial score (nSPS) is 21.2. The Morgan fingerprint density at radius 1 is 1.25 bits per heavy atom. The number of carbonyl (C=O) groups excluding carboxylic acids is 2. The Morgan fingerprint density at radius 2 is 2.00 bits per heavy atom. The summed E-state index contributed by atoms with van der Waals surface area (Å²) in [6, 6.07) is 0. The number of rotatable bonds is 3. The Bertz CT molecular complexity index is 560. The van der Waals surface area contributed by atoms with Crippen molar-refractivity contribution in [1.29, 1.82) is 0 Å². The van der Waals surface area contributed by atoms with Crippen LogP contribution in [0.1, 0.15) is 47.0 Å². The zero-order valence-electron chi connectivity index (χ0n) is 11.9. The van der Waals surface area contributed by atoms with Crippen LogP contribution in [0.3, 0.4) is 0 Å². The molecule has 0 aromatic carbocycles. The van der Waals surface area contributed by atoms with Gasteiger partial charge in [-0.1, -0.05) is 6.92 Å². The van der Waals surface area contributed by atoms with Crippen molar-refractivity contribution in [2.45, 2.75) is 39.0 Å². The average Bonchev–Trinajstić information content (AvgIpc) is 3.20. The maximum absolute atomic E-state index is 12.2. The summed E-state index contributed by atoms with van der Waals surface area (Å²) in [7, 11) is 1.64. The third kappa shape index (κ3) is 2.46. The zero-order chi connectivity index (χ0) is 14.3. The highest BCUT2D eigenvalue weighted by molar-refractivity contribution is 7.17. The largest absolute Gasteiger partial charge is 0.355 e. The number of carbonyl (C=O) groups is 2. The van der Waals surface area contributed by atoms with E-state index in [4.69, 9.17) is 0 Å². The van der Waals surface area contributed by atoms with Gasteiger partial charge in [0.15, 0.2) is 0 Å². The van der Waals surface area contributed by atoms with E-state index >= 15 is 0 Å². The van der Waals surface area contributed by atoms with Gasteiger partial charge in [-0.3, -0.25) is 9.59 Å². The quantitative estimate of drug-likeness (QED) is 0.899. The van der Waals surface area contributed by atoms with Crippen molar-refractivity contribution in [2.24, 2.45) is 11.8 Å². The number of nitrogens with one attached hydrogen (secondary N) is 2. The SMILES string of the molecule is CNC(=O)c1c(NC(=O)C2CC2)sc2c1CC[C@H](C)C2. The second-order valence-electron chi connectivity index (χ2n) is 5.90. The first kappa shape index (κ1) is 13.6. The summed E-state index contributed by atoms with van der Waals surface area (Å²) in [5, 5.41) is 6.43. The number of fused-ring (bicyclic) bond motifs is 1. The van der Waals surface area contributed by atoms with Crippen molar-refractivity contribution in [3.05, 3.63) is 16.0 Å². The van der Waals surface area contributed by atoms with Gasteiger partial charge < -0.3 is 10.6 Å². The fourth-order valence-electron chi connectivity index (χ4n) is 2.76. The summed E-state index contributed by atoms with van der Waals surface area (Å²) in [5.74, 6) is 0.807. The van der Waals surface area contributed by atoms with E-state index in [-0.39, 0.29) is 17.7 Å². The van der Waals surface area contributed by atoms with Crippen LogP contribution in [-0.4, -0.2) is 18.9 Å². The fraction of sp³-hybridized carbons (Fsp3) is 0.600. The van der Waals surface area contributed by atoms with Crippen LogP contribution in [0.15, 0.2) is 0 Å². The van der Waals surface area contributed by atoms with Gasteiger partial charge in [-0.2, -0.15) is 0 Å². The van der Waals surface area contributed by atoms with Crippen LogP contribution in [0, 0.1) is 11.8 Å². The lowest BCUT2D eigenvalue weighted by Gasteiger charge is -2.18. The van der Waals surface area contributed by atoms with E-state index in [1.54, 1.807) is 18.4 Å². The van der Waals surface area contributed by atoms with E-state index in [1.165, 1.54) is 4.88 Å². The van der Waals surface area contributed by atoms with E-state index < -0.39 is 0 Å². The first-order valence-corrected chi connectivity index (χ1v) is 8.09. The van der Waals surface area contributed by atoms with Gasteiger partial charge in [0.2, 0.25) is 5.91 Å². The molecule has 5 heteroatoms. The van der Waals surface area contributed by atoms with Crippen LogP contribution in [0.4, 0.5) is 5.00 Å². The monoisotopic (exact) mass is 292 g/mol. The molecule has 2 N–H and O–H groups in total.